The Balaban J connectivity index is 2.05. The fourth-order valence-electron chi connectivity index (χ4n) is 2.11. The number of nitrogens with zero attached hydrogens (tertiary/aromatic N) is 1. The maximum absolute atomic E-state index is 12.1. The molecule has 1 fully saturated rings. The number of ether oxygens (including phenoxy) is 1. The molecule has 2 rings (SSSR count). The number of β-amino-alcohol motifs (C(OH)–C–C–N with tert-alkyl or cyclic N) is 1. The summed E-state index contributed by atoms with van der Waals surface area (Å²) in [5.41, 5.74) is 0. The first-order valence-electron chi connectivity index (χ1n) is 5.69. The largest absolute Gasteiger partial charge is 0.467 e. The van der Waals surface area contributed by atoms with Crippen molar-refractivity contribution in [2.75, 3.05) is 13.7 Å². The van der Waals surface area contributed by atoms with Gasteiger partial charge in [0.05, 0.1) is 19.6 Å². The summed E-state index contributed by atoms with van der Waals surface area (Å²) in [6.07, 6.45) is -0.137. The number of hydrogen-bond acceptors (Lipinski definition) is 5. The lowest BCUT2D eigenvalue weighted by Crippen LogP contribution is -2.41. The van der Waals surface area contributed by atoms with E-state index in [0.29, 0.717) is 0 Å². The Morgan fingerprint density at radius 1 is 1.61 bits per heavy atom. The molecule has 18 heavy (non-hydrogen) atoms. The van der Waals surface area contributed by atoms with Gasteiger partial charge in [-0.15, -0.1) is 11.3 Å². The quantitative estimate of drug-likeness (QED) is 0.808. The standard InChI is InChI=1S/C12H15NO4S/c1-17-12(16)10-5-8(14)7-13(10)11(15)6-9-3-2-4-18-9/h2-4,8,10,14H,5-7H2,1H3. The SMILES string of the molecule is COC(=O)C1CC(O)CN1C(=O)Cc1cccs1. The molecular formula is C12H15NO4S. The fourth-order valence-corrected chi connectivity index (χ4v) is 2.81. The Morgan fingerprint density at radius 2 is 2.39 bits per heavy atom. The molecule has 2 atom stereocenters. The minimum atomic E-state index is -0.655. The van der Waals surface area contributed by atoms with Crippen molar-refractivity contribution in [1.82, 2.24) is 4.90 Å². The lowest BCUT2D eigenvalue weighted by molar-refractivity contribution is -0.150. The van der Waals surface area contributed by atoms with Gasteiger partial charge in [-0.2, -0.15) is 0 Å². The van der Waals surface area contributed by atoms with Crippen LogP contribution < -0.4 is 0 Å². The molecule has 1 saturated heterocycles. The van der Waals surface area contributed by atoms with Crippen LogP contribution in [-0.2, 0) is 20.7 Å². The number of likely N-dealkylation sites (tertiary alicyclic amines) is 1. The van der Waals surface area contributed by atoms with Crippen LogP contribution in [0.2, 0.25) is 0 Å². The molecule has 1 amide bonds. The molecule has 2 unspecified atom stereocenters. The van der Waals surface area contributed by atoms with E-state index in [1.165, 1.54) is 23.3 Å². The lowest BCUT2D eigenvalue weighted by atomic mass is 10.2. The Bertz CT molecular complexity index is 431. The lowest BCUT2D eigenvalue weighted by Gasteiger charge is -2.22. The van der Waals surface area contributed by atoms with Crippen molar-refractivity contribution in [2.45, 2.75) is 25.0 Å². The highest BCUT2D eigenvalue weighted by molar-refractivity contribution is 7.10. The molecule has 98 valence electrons. The Hall–Kier alpha value is -1.40. The van der Waals surface area contributed by atoms with Crippen molar-refractivity contribution < 1.29 is 19.4 Å². The van der Waals surface area contributed by atoms with Gasteiger partial charge in [-0.1, -0.05) is 6.07 Å². The van der Waals surface area contributed by atoms with Crippen LogP contribution in [0.25, 0.3) is 0 Å². The molecule has 1 aliphatic rings. The van der Waals surface area contributed by atoms with Crippen molar-refractivity contribution in [3.8, 4) is 0 Å². The number of methoxy groups -OCH3 is 1. The number of aliphatic hydroxyl groups is 1. The summed E-state index contributed by atoms with van der Waals surface area (Å²) in [7, 11) is 1.29. The van der Waals surface area contributed by atoms with Crippen molar-refractivity contribution in [1.29, 1.82) is 0 Å². The van der Waals surface area contributed by atoms with Gasteiger partial charge in [0.2, 0.25) is 5.91 Å². The highest BCUT2D eigenvalue weighted by Gasteiger charge is 2.39. The molecule has 0 aliphatic carbocycles. The first-order chi connectivity index (χ1) is 8.61. The van der Waals surface area contributed by atoms with E-state index in [1.807, 2.05) is 17.5 Å². The summed E-state index contributed by atoms with van der Waals surface area (Å²) in [4.78, 5) is 26.0. The van der Waals surface area contributed by atoms with Gasteiger partial charge in [0.1, 0.15) is 6.04 Å². The van der Waals surface area contributed by atoms with Gasteiger partial charge in [0, 0.05) is 17.8 Å². The van der Waals surface area contributed by atoms with Crippen molar-refractivity contribution >= 4 is 23.2 Å². The number of amides is 1. The van der Waals surface area contributed by atoms with Crippen LogP contribution in [0.1, 0.15) is 11.3 Å². The molecule has 2 heterocycles. The zero-order valence-corrected chi connectivity index (χ0v) is 10.9. The monoisotopic (exact) mass is 269 g/mol. The van der Waals surface area contributed by atoms with Gasteiger partial charge in [-0.05, 0) is 11.4 Å². The Kier molecular flexibility index (Phi) is 3.98. The summed E-state index contributed by atoms with van der Waals surface area (Å²) in [6, 6.07) is 3.10. The second-order valence-corrected chi connectivity index (χ2v) is 5.26. The third-order valence-electron chi connectivity index (χ3n) is 2.98. The minimum absolute atomic E-state index is 0.149. The molecule has 1 aromatic rings. The second-order valence-electron chi connectivity index (χ2n) is 4.23. The third kappa shape index (κ3) is 2.70. The van der Waals surface area contributed by atoms with Crippen LogP contribution in [-0.4, -0.2) is 47.7 Å². The smallest absolute Gasteiger partial charge is 0.328 e. The maximum Gasteiger partial charge on any atom is 0.328 e. The molecule has 0 aromatic carbocycles. The molecule has 0 bridgehead atoms. The topological polar surface area (TPSA) is 66.8 Å². The van der Waals surface area contributed by atoms with E-state index in [-0.39, 0.29) is 25.3 Å². The summed E-state index contributed by atoms with van der Waals surface area (Å²) in [5.74, 6) is -0.615. The number of aliphatic hydroxyl groups excluding tert-OH is 1. The summed E-state index contributed by atoms with van der Waals surface area (Å²) >= 11 is 1.50. The Labute approximate surface area is 109 Å². The zero-order valence-electron chi connectivity index (χ0n) is 10.0. The average Bonchev–Trinajstić information content (AvgIpc) is 2.97. The first-order valence-corrected chi connectivity index (χ1v) is 6.57. The van der Waals surface area contributed by atoms with E-state index in [4.69, 9.17) is 0 Å². The first kappa shape index (κ1) is 13.0. The second kappa shape index (κ2) is 5.49. The van der Waals surface area contributed by atoms with Gasteiger partial charge in [-0.3, -0.25) is 4.79 Å². The number of rotatable bonds is 3. The number of hydrogen-bond donors (Lipinski definition) is 1. The molecule has 6 heteroatoms. The highest BCUT2D eigenvalue weighted by atomic mass is 32.1. The van der Waals surface area contributed by atoms with Crippen LogP contribution in [0.4, 0.5) is 0 Å². The van der Waals surface area contributed by atoms with E-state index < -0.39 is 18.1 Å². The minimum Gasteiger partial charge on any atom is -0.467 e. The predicted molar refractivity (Wildman–Crippen MR) is 66.2 cm³/mol. The van der Waals surface area contributed by atoms with Gasteiger partial charge >= 0.3 is 5.97 Å². The molecular weight excluding hydrogens is 254 g/mol. The summed E-state index contributed by atoms with van der Waals surface area (Å²) < 4.78 is 4.66. The number of thiophene rings is 1. The van der Waals surface area contributed by atoms with E-state index in [2.05, 4.69) is 4.74 Å². The molecule has 0 spiro atoms. The van der Waals surface area contributed by atoms with Crippen molar-refractivity contribution in [2.24, 2.45) is 0 Å². The molecule has 1 aliphatic heterocycles. The van der Waals surface area contributed by atoms with Crippen LogP contribution in [0.3, 0.4) is 0 Å². The Morgan fingerprint density at radius 3 is 3.00 bits per heavy atom. The maximum atomic E-state index is 12.1. The van der Waals surface area contributed by atoms with Gasteiger partial charge in [0.25, 0.3) is 0 Å². The molecule has 1 aromatic heterocycles. The molecule has 0 saturated carbocycles. The summed E-state index contributed by atoms with van der Waals surface area (Å²) in [5, 5.41) is 11.5. The number of carbonyl (C=O) groups is 2. The normalized spacial score (nSPS) is 23.1. The van der Waals surface area contributed by atoms with Gasteiger partial charge < -0.3 is 14.7 Å². The van der Waals surface area contributed by atoms with Crippen LogP contribution >= 0.6 is 11.3 Å². The molecule has 1 N–H and O–H groups in total. The van der Waals surface area contributed by atoms with Gasteiger partial charge in [-0.25, -0.2) is 4.79 Å². The number of carbonyl (C=O) groups excluding carboxylic acids is 2. The van der Waals surface area contributed by atoms with Crippen LogP contribution in [0.15, 0.2) is 17.5 Å². The van der Waals surface area contributed by atoms with Crippen LogP contribution in [0.5, 0.6) is 0 Å². The number of esters is 1. The average molecular weight is 269 g/mol. The van der Waals surface area contributed by atoms with E-state index in [0.717, 1.165) is 4.88 Å². The third-order valence-corrected chi connectivity index (χ3v) is 3.85. The van der Waals surface area contributed by atoms with Crippen molar-refractivity contribution in [3.05, 3.63) is 22.4 Å². The highest BCUT2D eigenvalue weighted by Crippen LogP contribution is 2.21. The predicted octanol–water partition coefficient (Wildman–Crippen LogP) is 0.425. The molecule has 5 nitrogen and oxygen atoms in total. The zero-order chi connectivity index (χ0) is 13.1. The van der Waals surface area contributed by atoms with Crippen molar-refractivity contribution in [3.63, 3.8) is 0 Å². The summed E-state index contributed by atoms with van der Waals surface area (Å²) in [6.45, 7) is 0.198. The molecule has 0 radical (unpaired) electrons. The van der Waals surface area contributed by atoms with Gasteiger partial charge in [0.15, 0.2) is 0 Å². The van der Waals surface area contributed by atoms with E-state index in [9.17, 15) is 14.7 Å². The van der Waals surface area contributed by atoms with Crippen LogP contribution in [0, 0.1) is 0 Å². The van der Waals surface area contributed by atoms with E-state index >= 15 is 0 Å². The van der Waals surface area contributed by atoms with E-state index in [1.54, 1.807) is 0 Å². The fraction of sp³-hybridized carbons (Fsp3) is 0.500.